The molecule has 19 heavy (non-hydrogen) atoms. The van der Waals surface area contributed by atoms with E-state index in [2.05, 4.69) is 52.8 Å². The van der Waals surface area contributed by atoms with Crippen LogP contribution in [0.5, 0.6) is 0 Å². The molecule has 0 aliphatic heterocycles. The molecule has 0 amide bonds. The molecule has 0 aliphatic rings. The highest BCUT2D eigenvalue weighted by Crippen LogP contribution is 2.19. The summed E-state index contributed by atoms with van der Waals surface area (Å²) in [5.74, 6) is 0. The van der Waals surface area contributed by atoms with Crippen LogP contribution in [0.3, 0.4) is 0 Å². The summed E-state index contributed by atoms with van der Waals surface area (Å²) in [6, 6.07) is 16.7. The van der Waals surface area contributed by atoms with Crippen molar-refractivity contribution in [3.05, 3.63) is 78.1 Å². The quantitative estimate of drug-likeness (QED) is 0.626. The van der Waals surface area contributed by atoms with Crippen LogP contribution >= 0.6 is 0 Å². The molecular formula is C17H20N2. The van der Waals surface area contributed by atoms with Crippen molar-refractivity contribution >= 4 is 0 Å². The van der Waals surface area contributed by atoms with E-state index in [4.69, 9.17) is 0 Å². The number of rotatable bonds is 6. The van der Waals surface area contributed by atoms with Crippen LogP contribution in [0.2, 0.25) is 0 Å². The summed E-state index contributed by atoms with van der Waals surface area (Å²) >= 11 is 0. The number of allylic oxidation sites excluding steroid dienone is 1. The predicted octanol–water partition coefficient (Wildman–Crippen LogP) is 3.73. The number of benzene rings is 1. The highest BCUT2D eigenvalue weighted by molar-refractivity contribution is 5.27. The zero-order chi connectivity index (χ0) is 13.3. The second kappa shape index (κ2) is 7.49. The molecule has 1 unspecified atom stereocenters. The average molecular weight is 252 g/mol. The smallest absolute Gasteiger partial charge is 0.0751 e. The first-order valence-electron chi connectivity index (χ1n) is 6.72. The summed E-state index contributed by atoms with van der Waals surface area (Å²) in [5.41, 5.74) is 2.32. The van der Waals surface area contributed by atoms with Crippen molar-refractivity contribution in [2.75, 3.05) is 6.54 Å². The van der Waals surface area contributed by atoms with E-state index in [0.29, 0.717) is 0 Å². The van der Waals surface area contributed by atoms with Crippen LogP contribution in [-0.4, -0.2) is 11.5 Å². The van der Waals surface area contributed by atoms with E-state index in [0.717, 1.165) is 18.7 Å². The Morgan fingerprint density at radius 3 is 2.58 bits per heavy atom. The summed E-state index contributed by atoms with van der Waals surface area (Å²) in [7, 11) is 0. The fourth-order valence-corrected chi connectivity index (χ4v) is 2.06. The van der Waals surface area contributed by atoms with Crippen molar-refractivity contribution < 1.29 is 0 Å². The summed E-state index contributed by atoms with van der Waals surface area (Å²) in [5, 5.41) is 3.57. The second-order valence-corrected chi connectivity index (χ2v) is 4.41. The van der Waals surface area contributed by atoms with Crippen LogP contribution in [-0.2, 0) is 0 Å². The molecule has 2 nitrogen and oxygen atoms in total. The summed E-state index contributed by atoms with van der Waals surface area (Å²) in [4.78, 5) is 4.47. The third-order valence-corrected chi connectivity index (χ3v) is 3.01. The molecule has 0 aliphatic carbocycles. The molecule has 0 saturated carbocycles. The largest absolute Gasteiger partial charge is 0.305 e. The normalized spacial score (nSPS) is 12.7. The van der Waals surface area contributed by atoms with Gasteiger partial charge < -0.3 is 5.32 Å². The van der Waals surface area contributed by atoms with E-state index in [9.17, 15) is 0 Å². The lowest BCUT2D eigenvalue weighted by atomic mass is 10.0. The molecule has 98 valence electrons. The van der Waals surface area contributed by atoms with E-state index in [1.54, 1.807) is 0 Å². The lowest BCUT2D eigenvalue weighted by molar-refractivity contribution is 0.597. The first-order chi connectivity index (χ1) is 9.42. The van der Waals surface area contributed by atoms with E-state index in [1.165, 1.54) is 5.56 Å². The Labute approximate surface area is 115 Å². The van der Waals surface area contributed by atoms with Gasteiger partial charge in [0, 0.05) is 6.20 Å². The van der Waals surface area contributed by atoms with Gasteiger partial charge in [0.2, 0.25) is 0 Å². The first kappa shape index (κ1) is 13.5. The maximum atomic E-state index is 4.47. The number of nitrogens with zero attached hydrogens (tertiary/aromatic N) is 1. The minimum absolute atomic E-state index is 0.160. The molecule has 1 aromatic heterocycles. The van der Waals surface area contributed by atoms with Gasteiger partial charge in [-0.25, -0.2) is 0 Å². The van der Waals surface area contributed by atoms with Gasteiger partial charge in [-0.05, 0) is 37.6 Å². The topological polar surface area (TPSA) is 24.9 Å². The monoisotopic (exact) mass is 252 g/mol. The maximum Gasteiger partial charge on any atom is 0.0751 e. The molecule has 0 fully saturated rings. The van der Waals surface area contributed by atoms with Crippen molar-refractivity contribution in [3.63, 3.8) is 0 Å². The lowest BCUT2D eigenvalue weighted by Crippen LogP contribution is -2.24. The highest BCUT2D eigenvalue weighted by atomic mass is 14.9. The zero-order valence-electron chi connectivity index (χ0n) is 11.3. The van der Waals surface area contributed by atoms with Gasteiger partial charge in [-0.15, -0.1) is 0 Å². The molecule has 1 heterocycles. The van der Waals surface area contributed by atoms with Crippen molar-refractivity contribution in [1.29, 1.82) is 0 Å². The minimum atomic E-state index is 0.160. The van der Waals surface area contributed by atoms with Gasteiger partial charge >= 0.3 is 0 Å². The van der Waals surface area contributed by atoms with Gasteiger partial charge in [-0.1, -0.05) is 48.6 Å². The predicted molar refractivity (Wildman–Crippen MR) is 80.0 cm³/mol. The van der Waals surface area contributed by atoms with Gasteiger partial charge in [0.15, 0.2) is 0 Å². The van der Waals surface area contributed by atoms with Crippen LogP contribution in [0.15, 0.2) is 66.9 Å². The van der Waals surface area contributed by atoms with E-state index >= 15 is 0 Å². The Kier molecular flexibility index (Phi) is 5.32. The summed E-state index contributed by atoms with van der Waals surface area (Å²) in [6.07, 6.45) is 7.14. The third-order valence-electron chi connectivity index (χ3n) is 3.01. The van der Waals surface area contributed by atoms with Gasteiger partial charge in [0.25, 0.3) is 0 Å². The molecule has 0 saturated heterocycles. The van der Waals surface area contributed by atoms with Crippen LogP contribution in [0, 0.1) is 0 Å². The van der Waals surface area contributed by atoms with Crippen LogP contribution in [0.1, 0.15) is 30.6 Å². The molecular weight excluding hydrogens is 232 g/mol. The van der Waals surface area contributed by atoms with Crippen molar-refractivity contribution in [1.82, 2.24) is 10.3 Å². The molecule has 0 spiro atoms. The Morgan fingerprint density at radius 2 is 1.89 bits per heavy atom. The molecule has 1 N–H and O–H groups in total. The molecule has 2 aromatic rings. The highest BCUT2D eigenvalue weighted by Gasteiger charge is 2.13. The van der Waals surface area contributed by atoms with E-state index in [-0.39, 0.29) is 6.04 Å². The van der Waals surface area contributed by atoms with E-state index in [1.807, 2.05) is 31.3 Å². The van der Waals surface area contributed by atoms with Crippen molar-refractivity contribution in [3.8, 4) is 0 Å². The molecule has 1 atom stereocenters. The molecule has 2 heteroatoms. The van der Waals surface area contributed by atoms with Gasteiger partial charge in [0.05, 0.1) is 11.7 Å². The summed E-state index contributed by atoms with van der Waals surface area (Å²) in [6.45, 7) is 2.99. The number of aromatic nitrogens is 1. The molecule has 2 rings (SSSR count). The fraction of sp³-hybridized carbons (Fsp3) is 0.235. The molecule has 0 bridgehead atoms. The Balaban J connectivity index is 2.14. The van der Waals surface area contributed by atoms with Crippen molar-refractivity contribution in [2.24, 2.45) is 0 Å². The van der Waals surface area contributed by atoms with Crippen molar-refractivity contribution in [2.45, 2.75) is 19.4 Å². The first-order valence-corrected chi connectivity index (χ1v) is 6.72. The molecule has 0 radical (unpaired) electrons. The van der Waals surface area contributed by atoms with E-state index < -0.39 is 0 Å². The maximum absolute atomic E-state index is 4.47. The second-order valence-electron chi connectivity index (χ2n) is 4.41. The minimum Gasteiger partial charge on any atom is -0.305 e. The lowest BCUT2D eigenvalue weighted by Gasteiger charge is -2.18. The fourth-order valence-electron chi connectivity index (χ4n) is 2.06. The van der Waals surface area contributed by atoms with Gasteiger partial charge in [0.1, 0.15) is 0 Å². The number of nitrogens with one attached hydrogen (secondary N) is 1. The van der Waals surface area contributed by atoms with Gasteiger partial charge in [-0.3, -0.25) is 4.98 Å². The third kappa shape index (κ3) is 4.04. The number of hydrogen-bond donors (Lipinski definition) is 1. The number of hydrogen-bond acceptors (Lipinski definition) is 2. The Hall–Kier alpha value is -1.93. The Bertz CT molecular complexity index is 452. The zero-order valence-corrected chi connectivity index (χ0v) is 11.3. The van der Waals surface area contributed by atoms with Crippen LogP contribution < -0.4 is 5.32 Å². The van der Waals surface area contributed by atoms with Crippen LogP contribution in [0.25, 0.3) is 0 Å². The SMILES string of the molecule is C/C=C/CCNC(c1ccccc1)c1ccccn1. The average Bonchev–Trinajstić information content (AvgIpc) is 2.49. The van der Waals surface area contributed by atoms with Gasteiger partial charge in [-0.2, -0.15) is 0 Å². The Morgan fingerprint density at radius 1 is 1.11 bits per heavy atom. The summed E-state index contributed by atoms with van der Waals surface area (Å²) < 4.78 is 0. The molecule has 1 aromatic carbocycles. The number of pyridine rings is 1. The van der Waals surface area contributed by atoms with Crippen LogP contribution in [0.4, 0.5) is 0 Å². The standard InChI is InChI=1S/C17H20N2/c1-2-3-8-14-19-17(15-10-5-4-6-11-15)16-12-7-9-13-18-16/h2-7,9-13,17,19H,8,14H2,1H3/b3-2+.